The van der Waals surface area contributed by atoms with Gasteiger partial charge in [-0.25, -0.2) is 0 Å². The highest BCUT2D eigenvalue weighted by Crippen LogP contribution is 2.26. The van der Waals surface area contributed by atoms with Crippen molar-refractivity contribution in [3.63, 3.8) is 0 Å². The van der Waals surface area contributed by atoms with Crippen molar-refractivity contribution in [3.8, 4) is 0 Å². The van der Waals surface area contributed by atoms with E-state index in [1.165, 1.54) is 37.4 Å². The summed E-state index contributed by atoms with van der Waals surface area (Å²) in [5.74, 6) is 0. The van der Waals surface area contributed by atoms with E-state index in [4.69, 9.17) is 4.43 Å². The molecular weight excluding hydrogens is 164 g/mol. The van der Waals surface area contributed by atoms with E-state index in [0.717, 1.165) is 0 Å². The molecule has 0 atom stereocenters. The van der Waals surface area contributed by atoms with Crippen molar-refractivity contribution in [2.24, 2.45) is 0 Å². The summed E-state index contributed by atoms with van der Waals surface area (Å²) in [6, 6.07) is 3.87. The van der Waals surface area contributed by atoms with E-state index in [2.05, 4.69) is 27.9 Å². The first-order valence-electron chi connectivity index (χ1n) is 5.17. The fourth-order valence-corrected chi connectivity index (χ4v) is 5.88. The number of rotatable bonds is 7. The molecule has 0 unspecified atom stereocenters. The van der Waals surface area contributed by atoms with Gasteiger partial charge in [0.05, 0.1) is 7.11 Å². The molecule has 0 saturated heterocycles. The van der Waals surface area contributed by atoms with E-state index in [1.807, 2.05) is 0 Å². The van der Waals surface area contributed by atoms with Crippen molar-refractivity contribution >= 4 is 8.32 Å². The Kier molecular flexibility index (Phi) is 6.77. The minimum Gasteiger partial charge on any atom is -0.415 e. The molecule has 0 rings (SSSR count). The van der Waals surface area contributed by atoms with Gasteiger partial charge >= 0.3 is 0 Å². The van der Waals surface area contributed by atoms with Crippen LogP contribution in [0.3, 0.4) is 0 Å². The second-order valence-electron chi connectivity index (χ2n) is 3.58. The van der Waals surface area contributed by atoms with Gasteiger partial charge in [-0.05, 0) is 18.1 Å². The van der Waals surface area contributed by atoms with Crippen LogP contribution in [0.25, 0.3) is 0 Å². The molecule has 0 saturated carbocycles. The zero-order chi connectivity index (χ0) is 9.45. The van der Waals surface area contributed by atoms with Crippen LogP contribution in [-0.4, -0.2) is 8.32 Å². The molecule has 0 N–H and O–H groups in total. The summed E-state index contributed by atoms with van der Waals surface area (Å²) in [7, 11) is 2.30. The molecule has 0 aromatic heterocycles. The molecule has 0 spiro atoms. The van der Waals surface area contributed by atoms with E-state index in [9.17, 15) is 0 Å². The van der Waals surface area contributed by atoms with E-state index in [0.29, 0.717) is 0 Å². The Hall–Kier alpha value is 0.177. The molecule has 0 fully saturated rings. The van der Waals surface area contributed by atoms with Crippen molar-refractivity contribution in [1.82, 2.24) is 0 Å². The monoisotopic (exact) mass is 187 g/mol. The van der Waals surface area contributed by atoms with Crippen LogP contribution in [0, 0.1) is 7.11 Å². The summed E-state index contributed by atoms with van der Waals surface area (Å²) in [5, 5.41) is 0. The molecule has 0 heterocycles. The van der Waals surface area contributed by atoms with Gasteiger partial charge in [-0.1, -0.05) is 40.0 Å². The molecule has 2 heteroatoms. The van der Waals surface area contributed by atoms with E-state index in [-0.39, 0.29) is 0 Å². The molecule has 1 nitrogen and oxygen atoms in total. The average molecular weight is 187 g/mol. The molecule has 0 bridgehead atoms. The largest absolute Gasteiger partial charge is 0.415 e. The lowest BCUT2D eigenvalue weighted by atomic mass is 10.6. The standard InChI is InChI=1S/C10H23OSi/c1-5-8-12(11-4,9-6-2)10-7-3/h4-10H2,1-3H3. The predicted octanol–water partition coefficient (Wildman–Crippen LogP) is 3.97. The lowest BCUT2D eigenvalue weighted by molar-refractivity contribution is 0.440. The quantitative estimate of drug-likeness (QED) is 0.548. The predicted molar refractivity (Wildman–Crippen MR) is 57.5 cm³/mol. The maximum absolute atomic E-state index is 5.55. The van der Waals surface area contributed by atoms with Gasteiger partial charge in [0.2, 0.25) is 0 Å². The molecule has 0 amide bonds. The van der Waals surface area contributed by atoms with Crippen LogP contribution in [0.15, 0.2) is 0 Å². The number of hydrogen-bond donors (Lipinski definition) is 0. The molecule has 0 aromatic carbocycles. The average Bonchev–Trinajstić information content (AvgIpc) is 2.06. The Balaban J connectivity index is 4.06. The second kappa shape index (κ2) is 6.67. The van der Waals surface area contributed by atoms with Crippen LogP contribution in [0.2, 0.25) is 18.1 Å². The van der Waals surface area contributed by atoms with Gasteiger partial charge in [-0.3, -0.25) is 0 Å². The Labute approximate surface area is 78.6 Å². The summed E-state index contributed by atoms with van der Waals surface area (Å²) in [5.41, 5.74) is 0. The van der Waals surface area contributed by atoms with Gasteiger partial charge in [-0.15, -0.1) is 0 Å². The normalized spacial score (nSPS) is 12.0. The molecule has 0 aliphatic rings. The van der Waals surface area contributed by atoms with Crippen molar-refractivity contribution in [1.29, 1.82) is 0 Å². The van der Waals surface area contributed by atoms with Gasteiger partial charge in [0.25, 0.3) is 0 Å². The summed E-state index contributed by atoms with van der Waals surface area (Å²) >= 11 is 0. The Bertz CT molecular complexity index is 87.0. The topological polar surface area (TPSA) is 9.23 Å². The van der Waals surface area contributed by atoms with E-state index < -0.39 is 8.32 Å². The first-order chi connectivity index (χ1) is 5.74. The molecule has 0 aliphatic heterocycles. The van der Waals surface area contributed by atoms with Gasteiger partial charge < -0.3 is 4.43 Å². The lowest BCUT2D eigenvalue weighted by Crippen LogP contribution is -2.35. The van der Waals surface area contributed by atoms with E-state index >= 15 is 0 Å². The maximum atomic E-state index is 5.55. The first-order valence-corrected chi connectivity index (χ1v) is 7.70. The van der Waals surface area contributed by atoms with Gasteiger partial charge in [0.1, 0.15) is 0 Å². The van der Waals surface area contributed by atoms with Crippen LogP contribution in [-0.2, 0) is 4.43 Å². The van der Waals surface area contributed by atoms with Crippen LogP contribution in [0.1, 0.15) is 40.0 Å². The van der Waals surface area contributed by atoms with Crippen LogP contribution < -0.4 is 0 Å². The van der Waals surface area contributed by atoms with Crippen molar-refractivity contribution in [2.45, 2.75) is 58.2 Å². The summed E-state index contributed by atoms with van der Waals surface area (Å²) in [6.45, 7) is 6.73. The summed E-state index contributed by atoms with van der Waals surface area (Å²) in [6.07, 6.45) is 3.76. The maximum Gasteiger partial charge on any atom is 0.192 e. The Morgan fingerprint density at radius 3 is 1.42 bits per heavy atom. The molecular formula is C10H23OSi. The third-order valence-corrected chi connectivity index (χ3v) is 7.27. The fraction of sp³-hybridized carbons (Fsp3) is 0.900. The van der Waals surface area contributed by atoms with Crippen molar-refractivity contribution in [2.75, 3.05) is 0 Å². The summed E-state index contributed by atoms with van der Waals surface area (Å²) < 4.78 is 5.55. The molecule has 12 heavy (non-hydrogen) atoms. The van der Waals surface area contributed by atoms with Gasteiger partial charge in [0, 0.05) is 0 Å². The molecule has 73 valence electrons. The third-order valence-electron chi connectivity index (χ3n) is 2.42. The Morgan fingerprint density at radius 1 is 0.917 bits per heavy atom. The van der Waals surface area contributed by atoms with Crippen molar-refractivity contribution in [3.05, 3.63) is 7.11 Å². The van der Waals surface area contributed by atoms with Gasteiger partial charge in [0.15, 0.2) is 8.32 Å². The van der Waals surface area contributed by atoms with Crippen LogP contribution in [0.5, 0.6) is 0 Å². The highest BCUT2D eigenvalue weighted by molar-refractivity contribution is 6.73. The zero-order valence-electron chi connectivity index (χ0n) is 8.86. The summed E-state index contributed by atoms with van der Waals surface area (Å²) in [4.78, 5) is 0. The SMILES string of the molecule is [CH2]O[Si](CCC)(CCC)CCC. The highest BCUT2D eigenvalue weighted by Gasteiger charge is 2.30. The number of hydrogen-bond acceptors (Lipinski definition) is 1. The lowest BCUT2D eigenvalue weighted by Gasteiger charge is -2.28. The molecule has 0 aliphatic carbocycles. The minimum atomic E-state index is -1.38. The fourth-order valence-electron chi connectivity index (χ4n) is 1.96. The smallest absolute Gasteiger partial charge is 0.192 e. The minimum absolute atomic E-state index is 1.25. The third kappa shape index (κ3) is 3.72. The van der Waals surface area contributed by atoms with Crippen molar-refractivity contribution < 1.29 is 4.43 Å². The second-order valence-corrected chi connectivity index (χ2v) is 7.73. The van der Waals surface area contributed by atoms with Crippen LogP contribution in [0.4, 0.5) is 0 Å². The van der Waals surface area contributed by atoms with E-state index in [1.54, 1.807) is 0 Å². The first kappa shape index (κ1) is 12.2. The highest BCUT2D eigenvalue weighted by atomic mass is 28.4. The Morgan fingerprint density at radius 2 is 1.25 bits per heavy atom. The molecule has 0 aromatic rings. The molecule has 1 radical (unpaired) electrons. The zero-order valence-corrected chi connectivity index (χ0v) is 9.86. The van der Waals surface area contributed by atoms with Crippen LogP contribution >= 0.6 is 0 Å². The van der Waals surface area contributed by atoms with Gasteiger partial charge in [-0.2, -0.15) is 0 Å².